The monoisotopic (exact) mass is 339 g/mol. The Morgan fingerprint density at radius 1 is 0.957 bits per heavy atom. The molecule has 0 unspecified atom stereocenters. The second-order valence-electron chi connectivity index (χ2n) is 4.74. The van der Waals surface area contributed by atoms with E-state index in [1.165, 1.54) is 41.0 Å². The van der Waals surface area contributed by atoms with Crippen LogP contribution in [0.25, 0.3) is 17.1 Å². The first-order valence-corrected chi connectivity index (χ1v) is 6.88. The second-order valence-corrected chi connectivity index (χ2v) is 5.13. The van der Waals surface area contributed by atoms with E-state index in [-0.39, 0.29) is 4.77 Å². The van der Waals surface area contributed by atoms with Crippen molar-refractivity contribution in [3.05, 3.63) is 64.7 Å². The molecule has 0 saturated carbocycles. The van der Waals surface area contributed by atoms with Gasteiger partial charge in [0.05, 0.1) is 11.3 Å². The molecule has 3 rings (SSSR count). The molecule has 0 aliphatic carbocycles. The third-order valence-corrected chi connectivity index (χ3v) is 3.50. The van der Waals surface area contributed by atoms with Crippen LogP contribution in [0.1, 0.15) is 5.56 Å². The lowest BCUT2D eigenvalue weighted by Gasteiger charge is -2.09. The van der Waals surface area contributed by atoms with E-state index in [4.69, 9.17) is 12.2 Å². The van der Waals surface area contributed by atoms with E-state index in [0.29, 0.717) is 17.1 Å². The van der Waals surface area contributed by atoms with Crippen LogP contribution in [0, 0.1) is 10.6 Å². The number of halogens is 4. The Bertz CT molecular complexity index is 877. The highest BCUT2D eigenvalue weighted by molar-refractivity contribution is 7.71. The summed E-state index contributed by atoms with van der Waals surface area (Å²) in [5, 5.41) is 6.64. The summed E-state index contributed by atoms with van der Waals surface area (Å²) in [4.78, 5) is 0. The highest BCUT2D eigenvalue weighted by atomic mass is 32.1. The highest BCUT2D eigenvalue weighted by Gasteiger charge is 2.30. The van der Waals surface area contributed by atoms with E-state index in [2.05, 4.69) is 10.2 Å². The lowest BCUT2D eigenvalue weighted by Crippen LogP contribution is -2.04. The van der Waals surface area contributed by atoms with Gasteiger partial charge in [-0.25, -0.2) is 4.39 Å². The van der Waals surface area contributed by atoms with Gasteiger partial charge in [0.25, 0.3) is 0 Å². The van der Waals surface area contributed by atoms with Crippen LogP contribution in [-0.2, 0) is 6.18 Å². The maximum Gasteiger partial charge on any atom is 0.416 e. The van der Waals surface area contributed by atoms with Gasteiger partial charge >= 0.3 is 6.18 Å². The quantitative estimate of drug-likeness (QED) is 0.540. The third kappa shape index (κ3) is 3.02. The lowest BCUT2D eigenvalue weighted by molar-refractivity contribution is -0.137. The number of H-pyrrole nitrogens is 1. The Kier molecular flexibility index (Phi) is 3.77. The summed E-state index contributed by atoms with van der Waals surface area (Å²) in [6.45, 7) is 0. The fraction of sp³-hybridized carbons (Fsp3) is 0.0667. The van der Waals surface area contributed by atoms with Gasteiger partial charge in [0.1, 0.15) is 5.82 Å². The summed E-state index contributed by atoms with van der Waals surface area (Å²) in [6.07, 6.45) is -4.40. The van der Waals surface area contributed by atoms with Crippen LogP contribution in [0.4, 0.5) is 17.6 Å². The normalized spacial score (nSPS) is 11.7. The number of hydrogen-bond acceptors (Lipinski definition) is 2. The molecule has 23 heavy (non-hydrogen) atoms. The van der Waals surface area contributed by atoms with Gasteiger partial charge in [0.15, 0.2) is 10.6 Å². The molecule has 0 aliphatic rings. The molecule has 0 aliphatic heterocycles. The van der Waals surface area contributed by atoms with Crippen molar-refractivity contribution in [1.29, 1.82) is 0 Å². The number of alkyl halides is 3. The number of nitrogens with one attached hydrogen (secondary N) is 1. The molecule has 8 heteroatoms. The van der Waals surface area contributed by atoms with Crippen molar-refractivity contribution >= 4 is 12.2 Å². The summed E-state index contributed by atoms with van der Waals surface area (Å²) in [5.74, 6) is -0.0600. The number of hydrogen-bond donors (Lipinski definition) is 1. The van der Waals surface area contributed by atoms with E-state index in [9.17, 15) is 17.6 Å². The maximum atomic E-state index is 13.0. The van der Waals surface area contributed by atoms with Gasteiger partial charge < -0.3 is 0 Å². The fourth-order valence-electron chi connectivity index (χ4n) is 2.13. The van der Waals surface area contributed by atoms with Crippen LogP contribution in [0.2, 0.25) is 0 Å². The van der Waals surface area contributed by atoms with Crippen molar-refractivity contribution < 1.29 is 17.6 Å². The molecule has 3 aromatic rings. The van der Waals surface area contributed by atoms with Gasteiger partial charge in [0.2, 0.25) is 0 Å². The van der Waals surface area contributed by atoms with Crippen LogP contribution in [0.15, 0.2) is 48.5 Å². The zero-order valence-corrected chi connectivity index (χ0v) is 12.2. The van der Waals surface area contributed by atoms with Crippen LogP contribution in [-0.4, -0.2) is 14.8 Å². The minimum absolute atomic E-state index is 0.256. The Balaban J connectivity index is 2.08. The van der Waals surface area contributed by atoms with Crippen molar-refractivity contribution in [3.8, 4) is 17.1 Å². The zero-order valence-electron chi connectivity index (χ0n) is 11.4. The standard InChI is InChI=1S/C15H9F4N3S/c16-11-5-7-12(8-6-11)22-13(20-21-14(22)23)9-1-3-10(4-2-9)15(17,18)19/h1-8H,(H,21,23). The van der Waals surface area contributed by atoms with Crippen molar-refractivity contribution in [2.75, 3.05) is 0 Å². The lowest BCUT2D eigenvalue weighted by atomic mass is 10.1. The maximum absolute atomic E-state index is 13.0. The van der Waals surface area contributed by atoms with Crippen LogP contribution in [0.5, 0.6) is 0 Å². The third-order valence-electron chi connectivity index (χ3n) is 3.23. The van der Waals surface area contributed by atoms with Gasteiger partial charge in [-0.1, -0.05) is 12.1 Å². The van der Waals surface area contributed by atoms with Crippen molar-refractivity contribution in [3.63, 3.8) is 0 Å². The molecule has 0 fully saturated rings. The van der Waals surface area contributed by atoms with E-state index < -0.39 is 17.6 Å². The molecule has 118 valence electrons. The van der Waals surface area contributed by atoms with E-state index in [0.717, 1.165) is 12.1 Å². The number of aromatic amines is 1. The predicted octanol–water partition coefficient (Wildman–Crippen LogP) is 4.75. The fourth-order valence-corrected chi connectivity index (χ4v) is 2.37. The average molecular weight is 339 g/mol. The number of benzene rings is 2. The van der Waals surface area contributed by atoms with Crippen molar-refractivity contribution in [2.45, 2.75) is 6.18 Å². The molecule has 1 heterocycles. The van der Waals surface area contributed by atoms with E-state index in [1.807, 2.05) is 0 Å². The van der Waals surface area contributed by atoms with Gasteiger partial charge in [-0.15, -0.1) is 0 Å². The number of nitrogens with zero attached hydrogens (tertiary/aromatic N) is 2. The largest absolute Gasteiger partial charge is 0.416 e. The Labute approximate surface area is 133 Å². The highest BCUT2D eigenvalue weighted by Crippen LogP contribution is 2.31. The summed E-state index contributed by atoms with van der Waals surface area (Å²) >= 11 is 5.14. The smallest absolute Gasteiger partial charge is 0.268 e. The van der Waals surface area contributed by atoms with Crippen molar-refractivity contribution in [1.82, 2.24) is 14.8 Å². The van der Waals surface area contributed by atoms with Gasteiger partial charge in [-0.3, -0.25) is 9.67 Å². The first-order chi connectivity index (χ1) is 10.9. The average Bonchev–Trinajstić information content (AvgIpc) is 2.89. The number of aromatic nitrogens is 3. The molecule has 0 amide bonds. The minimum Gasteiger partial charge on any atom is -0.268 e. The molecule has 2 aromatic carbocycles. The molecule has 0 spiro atoms. The van der Waals surface area contributed by atoms with E-state index >= 15 is 0 Å². The summed E-state index contributed by atoms with van der Waals surface area (Å²) < 4.78 is 52.7. The number of rotatable bonds is 2. The summed E-state index contributed by atoms with van der Waals surface area (Å²) in [5.41, 5.74) is 0.262. The van der Waals surface area contributed by atoms with E-state index in [1.54, 1.807) is 0 Å². The zero-order chi connectivity index (χ0) is 16.6. The molecule has 0 saturated heterocycles. The van der Waals surface area contributed by atoms with Gasteiger partial charge in [-0.2, -0.15) is 18.3 Å². The van der Waals surface area contributed by atoms with Gasteiger partial charge in [-0.05, 0) is 48.6 Å². The second kappa shape index (κ2) is 5.62. The first kappa shape index (κ1) is 15.4. The molecular formula is C15H9F4N3S. The summed E-state index contributed by atoms with van der Waals surface area (Å²) in [7, 11) is 0. The molecule has 0 radical (unpaired) electrons. The SMILES string of the molecule is Fc1ccc(-n2c(-c3ccc(C(F)(F)F)cc3)n[nH]c2=S)cc1. The molecule has 0 atom stereocenters. The van der Waals surface area contributed by atoms with Crippen molar-refractivity contribution in [2.24, 2.45) is 0 Å². The molecule has 0 bridgehead atoms. The Hall–Kier alpha value is -2.48. The molecule has 1 aromatic heterocycles. The summed E-state index contributed by atoms with van der Waals surface area (Å²) in [6, 6.07) is 10.1. The van der Waals surface area contributed by atoms with Crippen LogP contribution >= 0.6 is 12.2 Å². The Morgan fingerprint density at radius 2 is 1.57 bits per heavy atom. The topological polar surface area (TPSA) is 33.6 Å². The van der Waals surface area contributed by atoms with Crippen LogP contribution in [0.3, 0.4) is 0 Å². The molecular weight excluding hydrogens is 330 g/mol. The van der Waals surface area contributed by atoms with Crippen LogP contribution < -0.4 is 0 Å². The van der Waals surface area contributed by atoms with Gasteiger partial charge in [0, 0.05) is 5.56 Å². The molecule has 3 nitrogen and oxygen atoms in total. The Morgan fingerprint density at radius 3 is 2.13 bits per heavy atom. The predicted molar refractivity (Wildman–Crippen MR) is 79.1 cm³/mol. The first-order valence-electron chi connectivity index (χ1n) is 6.47. The minimum atomic E-state index is -4.40. The molecule has 1 N–H and O–H groups in total.